The monoisotopic (exact) mass is 582 g/mol. The summed E-state index contributed by atoms with van der Waals surface area (Å²) in [6.07, 6.45) is 14.9. The second kappa shape index (κ2) is 14.2. The maximum Gasteiger partial charge on any atom is 0.0923 e. The molecule has 5 nitrogen and oxygen atoms in total. The first-order valence-corrected chi connectivity index (χ1v) is 17.2. The normalized spacial score (nSPS) is 26.0. The molecule has 3 aliphatic rings. The number of nitrogens with zero attached hydrogens (tertiary/aromatic N) is 2. The van der Waals surface area contributed by atoms with Crippen molar-refractivity contribution < 1.29 is 0 Å². The molecule has 2 unspecified atom stereocenters. The van der Waals surface area contributed by atoms with Gasteiger partial charge in [-0.1, -0.05) is 107 Å². The average molecular weight is 582 g/mol. The predicted octanol–water partition coefficient (Wildman–Crippen LogP) is 8.28. The van der Waals surface area contributed by atoms with E-state index < -0.39 is 0 Å². The summed E-state index contributed by atoms with van der Waals surface area (Å²) in [5.74, 6) is 1.45. The van der Waals surface area contributed by atoms with Crippen molar-refractivity contribution in [1.29, 1.82) is 0 Å². The van der Waals surface area contributed by atoms with Gasteiger partial charge in [0.15, 0.2) is 0 Å². The number of nitrogens with one attached hydrogen (secondary N) is 2. The Morgan fingerprint density at radius 1 is 0.929 bits per heavy atom. The molecule has 2 saturated carbocycles. The molecular formula is C37H67N5. The molecule has 0 aromatic carbocycles. The number of hydrogen-bond donors (Lipinski definition) is 3. The molecule has 0 amide bonds. The quantitative estimate of drug-likeness (QED) is 0.193. The van der Waals surface area contributed by atoms with Crippen molar-refractivity contribution in [3.63, 3.8) is 0 Å². The number of rotatable bonds is 14. The van der Waals surface area contributed by atoms with Gasteiger partial charge < -0.3 is 26.2 Å². The van der Waals surface area contributed by atoms with Crippen LogP contribution < -0.4 is 16.4 Å². The van der Waals surface area contributed by atoms with Gasteiger partial charge >= 0.3 is 0 Å². The molecule has 1 saturated heterocycles. The van der Waals surface area contributed by atoms with Crippen LogP contribution in [0.25, 0.3) is 0 Å². The van der Waals surface area contributed by atoms with Crippen LogP contribution in [0.1, 0.15) is 126 Å². The van der Waals surface area contributed by atoms with Crippen molar-refractivity contribution in [1.82, 2.24) is 20.4 Å². The van der Waals surface area contributed by atoms with Crippen LogP contribution in [0, 0.1) is 22.2 Å². The molecule has 4 atom stereocenters. The Balaban J connectivity index is 1.84. The first kappa shape index (κ1) is 34.5. The maximum atomic E-state index is 6.53. The third-order valence-electron chi connectivity index (χ3n) is 11.1. The molecule has 1 spiro atoms. The number of hydrogen-bond acceptors (Lipinski definition) is 5. The molecule has 0 bridgehead atoms. The van der Waals surface area contributed by atoms with Gasteiger partial charge in [-0.25, -0.2) is 0 Å². The highest BCUT2D eigenvalue weighted by atomic mass is 15.3. The lowest BCUT2D eigenvalue weighted by atomic mass is 9.57. The lowest BCUT2D eigenvalue weighted by Crippen LogP contribution is -2.52. The Labute approximate surface area is 260 Å². The van der Waals surface area contributed by atoms with E-state index in [2.05, 4.69) is 88.6 Å². The van der Waals surface area contributed by atoms with E-state index in [0.29, 0.717) is 5.92 Å². The maximum absolute atomic E-state index is 6.53. The Bertz CT molecular complexity index is 946. The molecule has 0 radical (unpaired) electrons. The molecule has 240 valence electrons. The van der Waals surface area contributed by atoms with Gasteiger partial charge in [-0.2, -0.15) is 0 Å². The minimum Gasteiger partial charge on any atom is -0.401 e. The van der Waals surface area contributed by atoms with Crippen molar-refractivity contribution in [3.05, 3.63) is 49.2 Å². The van der Waals surface area contributed by atoms with Gasteiger partial charge in [0.2, 0.25) is 0 Å². The highest BCUT2D eigenvalue weighted by molar-refractivity contribution is 5.24. The summed E-state index contributed by atoms with van der Waals surface area (Å²) in [4.78, 5) is 5.01. The molecule has 0 aromatic rings. The van der Waals surface area contributed by atoms with E-state index in [1.54, 1.807) is 0 Å². The van der Waals surface area contributed by atoms with Gasteiger partial charge in [0, 0.05) is 36.7 Å². The van der Waals surface area contributed by atoms with Crippen molar-refractivity contribution in [2.45, 2.75) is 144 Å². The van der Waals surface area contributed by atoms with Crippen LogP contribution in [0.15, 0.2) is 49.2 Å². The molecule has 42 heavy (non-hydrogen) atoms. The summed E-state index contributed by atoms with van der Waals surface area (Å²) in [6.45, 7) is 37.7. The molecule has 3 rings (SSSR count). The summed E-state index contributed by atoms with van der Waals surface area (Å²) < 4.78 is 0. The van der Waals surface area contributed by atoms with E-state index in [1.165, 1.54) is 63.5 Å². The van der Waals surface area contributed by atoms with Crippen molar-refractivity contribution in [3.8, 4) is 0 Å². The van der Waals surface area contributed by atoms with E-state index >= 15 is 0 Å². The largest absolute Gasteiger partial charge is 0.401 e. The van der Waals surface area contributed by atoms with Crippen LogP contribution in [0.5, 0.6) is 0 Å². The molecular weight excluding hydrogens is 514 g/mol. The van der Waals surface area contributed by atoms with Gasteiger partial charge in [0.1, 0.15) is 0 Å². The van der Waals surface area contributed by atoms with E-state index in [4.69, 9.17) is 12.3 Å². The third kappa shape index (κ3) is 7.72. The smallest absolute Gasteiger partial charge is 0.0923 e. The molecule has 1 aliphatic heterocycles. The minimum atomic E-state index is -0.0756. The SMILES string of the molecule is C=C(NC(C(=C)N(CCC)CCC)C1CCCCC1)N[C@H](C(=C)N1C[C@]2(CCCCC2(C)C)CC1C(=C)N)C(C)(C)C. The van der Waals surface area contributed by atoms with E-state index in [9.17, 15) is 0 Å². The molecule has 4 N–H and O–H groups in total. The zero-order chi connectivity index (χ0) is 31.3. The summed E-state index contributed by atoms with van der Waals surface area (Å²) in [7, 11) is 0. The van der Waals surface area contributed by atoms with Crippen LogP contribution in [0.3, 0.4) is 0 Å². The molecule has 3 fully saturated rings. The van der Waals surface area contributed by atoms with E-state index in [1.807, 2.05) is 0 Å². The van der Waals surface area contributed by atoms with Crippen LogP contribution in [0.4, 0.5) is 0 Å². The van der Waals surface area contributed by atoms with Crippen molar-refractivity contribution in [2.24, 2.45) is 27.9 Å². The minimum absolute atomic E-state index is 0.00357. The van der Waals surface area contributed by atoms with Crippen molar-refractivity contribution in [2.75, 3.05) is 19.6 Å². The van der Waals surface area contributed by atoms with Gasteiger partial charge in [-0.3, -0.25) is 0 Å². The summed E-state index contributed by atoms with van der Waals surface area (Å²) >= 11 is 0. The molecule has 5 heteroatoms. The lowest BCUT2D eigenvalue weighted by Gasteiger charge is -2.48. The number of nitrogens with two attached hydrogens (primary N) is 1. The summed E-state index contributed by atoms with van der Waals surface area (Å²) in [6, 6.07) is 0.310. The highest BCUT2D eigenvalue weighted by Gasteiger charge is 2.54. The first-order chi connectivity index (χ1) is 19.7. The zero-order valence-electron chi connectivity index (χ0n) is 28.7. The fourth-order valence-corrected chi connectivity index (χ4v) is 8.36. The molecule has 1 heterocycles. The Morgan fingerprint density at radius 2 is 1.52 bits per heavy atom. The molecule has 2 aliphatic carbocycles. The van der Waals surface area contributed by atoms with Gasteiger partial charge in [-0.15, -0.1) is 0 Å². The summed E-state index contributed by atoms with van der Waals surface area (Å²) in [5.41, 5.74) is 10.1. The Morgan fingerprint density at radius 3 is 2.05 bits per heavy atom. The van der Waals surface area contributed by atoms with Crippen LogP contribution in [0.2, 0.25) is 0 Å². The van der Waals surface area contributed by atoms with Crippen LogP contribution in [-0.2, 0) is 0 Å². The summed E-state index contributed by atoms with van der Waals surface area (Å²) in [5, 5.41) is 7.74. The Kier molecular flexibility index (Phi) is 11.6. The number of likely N-dealkylation sites (tertiary alicyclic amines) is 1. The van der Waals surface area contributed by atoms with Gasteiger partial charge in [-0.05, 0) is 67.1 Å². The fraction of sp³-hybridized carbons (Fsp3) is 0.784. The second-order valence-electron chi connectivity index (χ2n) is 15.7. The standard InChI is InChI=1S/C37H67N5/c1-12-23-41(24-13-2)28(4)33(31-19-15-14-16-20-31)39-30(6)40-34(35(7,8)9)29(5)42-26-37(25-32(42)27(3)38)22-18-17-21-36(37,10)11/h31-34,39-40H,3-6,12-26,38H2,1-2,7-11H3/t32?,33?,34-,37+/m1/s1. The highest BCUT2D eigenvalue weighted by Crippen LogP contribution is 2.58. The van der Waals surface area contributed by atoms with E-state index in [0.717, 1.165) is 56.1 Å². The zero-order valence-corrected chi connectivity index (χ0v) is 28.7. The van der Waals surface area contributed by atoms with Crippen LogP contribution >= 0.6 is 0 Å². The Hall–Kier alpha value is -2.04. The average Bonchev–Trinajstić information content (AvgIpc) is 3.33. The van der Waals surface area contributed by atoms with Crippen molar-refractivity contribution >= 4 is 0 Å². The molecule has 0 aromatic heterocycles. The lowest BCUT2D eigenvalue weighted by molar-refractivity contribution is 0.0255. The topological polar surface area (TPSA) is 56.6 Å². The van der Waals surface area contributed by atoms with E-state index in [-0.39, 0.29) is 34.4 Å². The first-order valence-electron chi connectivity index (χ1n) is 17.2. The fourth-order valence-electron chi connectivity index (χ4n) is 8.36. The van der Waals surface area contributed by atoms with Gasteiger partial charge in [0.25, 0.3) is 0 Å². The predicted molar refractivity (Wildman–Crippen MR) is 183 cm³/mol. The second-order valence-corrected chi connectivity index (χ2v) is 15.7. The third-order valence-corrected chi connectivity index (χ3v) is 11.1. The van der Waals surface area contributed by atoms with Crippen LogP contribution in [-0.4, -0.2) is 47.6 Å². The van der Waals surface area contributed by atoms with Gasteiger partial charge in [0.05, 0.1) is 23.9 Å².